The Kier molecular flexibility index (Phi) is 5.39. The van der Waals surface area contributed by atoms with Crippen molar-refractivity contribution in [3.05, 3.63) is 59.7 Å². The van der Waals surface area contributed by atoms with Gasteiger partial charge in [0, 0.05) is 16.2 Å². The Morgan fingerprint density at radius 2 is 1.96 bits per heavy atom. The highest BCUT2D eigenvalue weighted by molar-refractivity contribution is 8.13. The number of amides is 1. The van der Waals surface area contributed by atoms with E-state index in [0.717, 1.165) is 28.3 Å². The summed E-state index contributed by atoms with van der Waals surface area (Å²) in [5.74, 6) is 0.847. The first-order valence-corrected chi connectivity index (χ1v) is 10.3. The van der Waals surface area contributed by atoms with E-state index in [-0.39, 0.29) is 11.4 Å². The number of thioether (sulfide) groups is 2. The van der Waals surface area contributed by atoms with E-state index in [1.807, 2.05) is 54.8 Å². The third kappa shape index (κ3) is 4.02. The molecule has 1 unspecified atom stereocenters. The standard InChI is InChI=1S/C19H21N3OS2/c1-19(11-12-25-18(20)22-19)14-9-7-13(8-10-14)17(23)21-15-5-3-4-6-16(15)24-2/h3-10H,11-12H2,1-2H3,(H2,20,22)(H,21,23). The predicted octanol–water partition coefficient (Wildman–Crippen LogP) is 4.33. The van der Waals surface area contributed by atoms with E-state index in [1.54, 1.807) is 23.5 Å². The molecule has 4 nitrogen and oxygen atoms in total. The van der Waals surface area contributed by atoms with E-state index in [9.17, 15) is 4.79 Å². The Hall–Kier alpha value is -1.92. The summed E-state index contributed by atoms with van der Waals surface area (Å²) in [5, 5.41) is 3.61. The van der Waals surface area contributed by atoms with Gasteiger partial charge in [-0.15, -0.1) is 11.8 Å². The molecule has 1 aliphatic heterocycles. The van der Waals surface area contributed by atoms with Crippen LogP contribution in [0.5, 0.6) is 0 Å². The first-order valence-electron chi connectivity index (χ1n) is 8.05. The van der Waals surface area contributed by atoms with Gasteiger partial charge in [-0.2, -0.15) is 0 Å². The van der Waals surface area contributed by atoms with Crippen molar-refractivity contribution in [3.8, 4) is 0 Å². The molecule has 1 heterocycles. The zero-order valence-electron chi connectivity index (χ0n) is 14.3. The molecule has 25 heavy (non-hydrogen) atoms. The van der Waals surface area contributed by atoms with Crippen LogP contribution in [0.25, 0.3) is 0 Å². The Morgan fingerprint density at radius 3 is 2.64 bits per heavy atom. The highest BCUT2D eigenvalue weighted by Crippen LogP contribution is 2.35. The molecule has 0 spiro atoms. The minimum atomic E-state index is -0.310. The van der Waals surface area contributed by atoms with Crippen LogP contribution in [-0.4, -0.2) is 23.1 Å². The normalized spacial score (nSPS) is 20.0. The molecule has 0 saturated heterocycles. The summed E-state index contributed by atoms with van der Waals surface area (Å²) in [6.07, 6.45) is 2.93. The van der Waals surface area contributed by atoms with Gasteiger partial charge < -0.3 is 11.1 Å². The maximum atomic E-state index is 12.5. The molecule has 130 valence electrons. The average molecular weight is 372 g/mol. The number of amidine groups is 1. The predicted molar refractivity (Wildman–Crippen MR) is 109 cm³/mol. The van der Waals surface area contributed by atoms with Crippen LogP contribution < -0.4 is 11.1 Å². The number of aliphatic imine (C=N–C) groups is 1. The van der Waals surface area contributed by atoms with E-state index in [0.29, 0.717) is 10.7 Å². The summed E-state index contributed by atoms with van der Waals surface area (Å²) in [7, 11) is 0. The lowest BCUT2D eigenvalue weighted by molar-refractivity contribution is 0.102. The topological polar surface area (TPSA) is 67.5 Å². The quantitative estimate of drug-likeness (QED) is 0.785. The van der Waals surface area contributed by atoms with Crippen molar-refractivity contribution >= 4 is 40.3 Å². The van der Waals surface area contributed by atoms with Gasteiger partial charge in [0.25, 0.3) is 5.91 Å². The SMILES string of the molecule is CSc1ccccc1NC(=O)c1ccc(C2(C)CCSC(N)=N2)cc1. The van der Waals surface area contributed by atoms with Gasteiger partial charge >= 0.3 is 0 Å². The van der Waals surface area contributed by atoms with Crippen molar-refractivity contribution in [2.24, 2.45) is 10.7 Å². The molecule has 1 atom stereocenters. The van der Waals surface area contributed by atoms with Crippen molar-refractivity contribution in [1.29, 1.82) is 0 Å². The summed E-state index contributed by atoms with van der Waals surface area (Å²) >= 11 is 3.20. The molecule has 0 aliphatic carbocycles. The van der Waals surface area contributed by atoms with Gasteiger partial charge in [0.05, 0.1) is 11.2 Å². The van der Waals surface area contributed by atoms with E-state index < -0.39 is 0 Å². The summed E-state index contributed by atoms with van der Waals surface area (Å²) in [5.41, 5.74) is 8.12. The number of nitrogens with zero attached hydrogens (tertiary/aromatic N) is 1. The van der Waals surface area contributed by atoms with Crippen LogP contribution in [0, 0.1) is 0 Å². The van der Waals surface area contributed by atoms with Crippen LogP contribution in [0.1, 0.15) is 29.3 Å². The number of nitrogens with one attached hydrogen (secondary N) is 1. The highest BCUT2D eigenvalue weighted by atomic mass is 32.2. The Bertz CT molecular complexity index is 805. The zero-order valence-corrected chi connectivity index (χ0v) is 15.9. The highest BCUT2D eigenvalue weighted by Gasteiger charge is 2.29. The summed E-state index contributed by atoms with van der Waals surface area (Å²) in [4.78, 5) is 18.2. The molecule has 0 aromatic heterocycles. The van der Waals surface area contributed by atoms with Crippen molar-refractivity contribution < 1.29 is 4.79 Å². The third-order valence-electron chi connectivity index (χ3n) is 4.32. The van der Waals surface area contributed by atoms with Crippen LogP contribution in [0.15, 0.2) is 58.4 Å². The van der Waals surface area contributed by atoms with Gasteiger partial charge in [0.1, 0.15) is 0 Å². The van der Waals surface area contributed by atoms with Gasteiger partial charge in [-0.3, -0.25) is 9.79 Å². The Morgan fingerprint density at radius 1 is 1.24 bits per heavy atom. The molecule has 0 fully saturated rings. The number of carbonyl (C=O) groups is 1. The number of para-hydroxylation sites is 1. The molecule has 2 aromatic carbocycles. The van der Waals surface area contributed by atoms with Crippen LogP contribution in [0.2, 0.25) is 0 Å². The molecular weight excluding hydrogens is 350 g/mol. The van der Waals surface area contributed by atoms with Crippen LogP contribution in [0.4, 0.5) is 5.69 Å². The molecule has 3 rings (SSSR count). The van der Waals surface area contributed by atoms with Gasteiger partial charge in [0.2, 0.25) is 0 Å². The number of hydrogen-bond acceptors (Lipinski definition) is 5. The lowest BCUT2D eigenvalue weighted by atomic mass is 9.89. The Balaban J connectivity index is 1.78. The van der Waals surface area contributed by atoms with E-state index >= 15 is 0 Å². The number of benzene rings is 2. The minimum Gasteiger partial charge on any atom is -0.379 e. The third-order valence-corrected chi connectivity index (χ3v) is 5.91. The van der Waals surface area contributed by atoms with E-state index in [1.165, 1.54) is 0 Å². The average Bonchev–Trinajstić information content (AvgIpc) is 2.62. The second kappa shape index (κ2) is 7.54. The van der Waals surface area contributed by atoms with Gasteiger partial charge in [-0.05, 0) is 49.4 Å². The van der Waals surface area contributed by atoms with E-state index in [4.69, 9.17) is 5.73 Å². The van der Waals surface area contributed by atoms with Gasteiger partial charge in [-0.25, -0.2) is 0 Å². The first kappa shape index (κ1) is 17.9. The number of anilines is 1. The number of rotatable bonds is 4. The lowest BCUT2D eigenvalue weighted by Crippen LogP contribution is -2.28. The second-order valence-corrected chi connectivity index (χ2v) is 8.02. The molecule has 1 amide bonds. The van der Waals surface area contributed by atoms with Crippen LogP contribution >= 0.6 is 23.5 Å². The zero-order chi connectivity index (χ0) is 17.9. The summed E-state index contributed by atoms with van der Waals surface area (Å²) < 4.78 is 0. The van der Waals surface area contributed by atoms with Gasteiger partial charge in [-0.1, -0.05) is 36.0 Å². The van der Waals surface area contributed by atoms with E-state index in [2.05, 4.69) is 17.2 Å². The summed E-state index contributed by atoms with van der Waals surface area (Å²) in [6, 6.07) is 15.4. The van der Waals surface area contributed by atoms with Crippen molar-refractivity contribution in [2.45, 2.75) is 23.8 Å². The molecule has 0 bridgehead atoms. The number of nitrogens with two attached hydrogens (primary N) is 1. The molecule has 3 N–H and O–H groups in total. The second-order valence-electron chi connectivity index (χ2n) is 6.05. The lowest BCUT2D eigenvalue weighted by Gasteiger charge is -2.29. The molecule has 6 heteroatoms. The fourth-order valence-corrected chi connectivity index (χ4v) is 4.35. The fourth-order valence-electron chi connectivity index (χ4n) is 2.82. The Labute approximate surface area is 156 Å². The largest absolute Gasteiger partial charge is 0.379 e. The fraction of sp³-hybridized carbons (Fsp3) is 0.263. The summed E-state index contributed by atoms with van der Waals surface area (Å²) in [6.45, 7) is 2.09. The van der Waals surface area contributed by atoms with Crippen LogP contribution in [0.3, 0.4) is 0 Å². The maximum absolute atomic E-state index is 12.5. The smallest absolute Gasteiger partial charge is 0.255 e. The molecular formula is C19H21N3OS2. The maximum Gasteiger partial charge on any atom is 0.255 e. The molecule has 1 aliphatic rings. The van der Waals surface area contributed by atoms with Crippen molar-refractivity contribution in [1.82, 2.24) is 0 Å². The monoisotopic (exact) mass is 371 g/mol. The first-order chi connectivity index (χ1) is 12.0. The number of hydrogen-bond donors (Lipinski definition) is 2. The van der Waals surface area contributed by atoms with Gasteiger partial charge in [0.15, 0.2) is 5.17 Å². The van der Waals surface area contributed by atoms with Crippen molar-refractivity contribution in [2.75, 3.05) is 17.3 Å². The molecule has 0 saturated carbocycles. The van der Waals surface area contributed by atoms with Crippen LogP contribution in [-0.2, 0) is 5.54 Å². The molecule has 0 radical (unpaired) electrons. The minimum absolute atomic E-state index is 0.111. The van der Waals surface area contributed by atoms with Crippen molar-refractivity contribution in [3.63, 3.8) is 0 Å². The number of carbonyl (C=O) groups excluding carboxylic acids is 1. The molecule has 2 aromatic rings.